The molecule has 0 rings (SSSR count). The summed E-state index contributed by atoms with van der Waals surface area (Å²) in [6, 6.07) is 0. The Morgan fingerprint density at radius 2 is 2.00 bits per heavy atom. The van der Waals surface area contributed by atoms with Crippen LogP contribution in [-0.4, -0.2) is 23.7 Å². The number of rotatable bonds is 8. The van der Waals surface area contributed by atoms with Crippen molar-refractivity contribution in [1.82, 2.24) is 5.32 Å². The Balaban J connectivity index is 3.85. The third kappa shape index (κ3) is 6.83. The first kappa shape index (κ1) is 15.4. The maximum absolute atomic E-state index is 11.8. The molecule has 1 unspecified atom stereocenters. The number of carbonyl (C=O) groups excluding carboxylic acids is 1. The van der Waals surface area contributed by atoms with Gasteiger partial charge in [0, 0.05) is 12.0 Å². The molecule has 0 saturated heterocycles. The van der Waals surface area contributed by atoms with E-state index in [0.29, 0.717) is 13.0 Å². The molecule has 0 heterocycles. The minimum atomic E-state index is -0.344. The van der Waals surface area contributed by atoms with Crippen LogP contribution in [0.3, 0.4) is 0 Å². The lowest BCUT2D eigenvalue weighted by molar-refractivity contribution is -0.129. The van der Waals surface area contributed by atoms with Crippen molar-refractivity contribution >= 4 is 5.91 Å². The quantitative estimate of drug-likeness (QED) is 0.628. The third-order valence-corrected chi connectivity index (χ3v) is 2.87. The highest BCUT2D eigenvalue weighted by Crippen LogP contribution is 2.23. The monoisotopic (exact) mass is 229 g/mol. The summed E-state index contributed by atoms with van der Waals surface area (Å²) in [5.74, 6) is 0.101. The topological polar surface area (TPSA) is 49.3 Å². The smallest absolute Gasteiger partial charge is 0.225 e. The largest absolute Gasteiger partial charge is 0.393 e. The molecular weight excluding hydrogens is 202 g/mol. The number of amides is 1. The highest BCUT2D eigenvalue weighted by atomic mass is 16.3. The molecule has 0 aromatic carbocycles. The van der Waals surface area contributed by atoms with Crippen molar-refractivity contribution in [3.8, 4) is 0 Å². The normalized spacial score (nSPS) is 13.6. The standard InChI is InChI=1S/C13H27NO2/c1-5-6-7-9-13(3,4)12(16)14-10-8-11(2)15/h11,15H,5-10H2,1-4H3,(H,14,16). The van der Waals surface area contributed by atoms with Gasteiger partial charge in [0.15, 0.2) is 0 Å². The fraction of sp³-hybridized carbons (Fsp3) is 0.923. The van der Waals surface area contributed by atoms with Gasteiger partial charge in [-0.05, 0) is 19.8 Å². The first-order valence-electron chi connectivity index (χ1n) is 6.36. The van der Waals surface area contributed by atoms with Gasteiger partial charge in [0.25, 0.3) is 0 Å². The lowest BCUT2D eigenvalue weighted by atomic mass is 9.86. The van der Waals surface area contributed by atoms with Gasteiger partial charge in [-0.1, -0.05) is 40.0 Å². The Morgan fingerprint density at radius 3 is 2.50 bits per heavy atom. The maximum Gasteiger partial charge on any atom is 0.225 e. The van der Waals surface area contributed by atoms with Gasteiger partial charge < -0.3 is 10.4 Å². The average molecular weight is 229 g/mol. The number of aliphatic hydroxyl groups is 1. The Kier molecular flexibility index (Phi) is 7.39. The van der Waals surface area contributed by atoms with Crippen LogP contribution in [0.25, 0.3) is 0 Å². The summed E-state index contributed by atoms with van der Waals surface area (Å²) >= 11 is 0. The highest BCUT2D eigenvalue weighted by Gasteiger charge is 2.26. The van der Waals surface area contributed by atoms with Crippen molar-refractivity contribution in [2.24, 2.45) is 5.41 Å². The number of aliphatic hydroxyl groups excluding tert-OH is 1. The lowest BCUT2D eigenvalue weighted by Gasteiger charge is -2.23. The van der Waals surface area contributed by atoms with Crippen LogP contribution in [-0.2, 0) is 4.79 Å². The molecule has 0 fully saturated rings. The summed E-state index contributed by atoms with van der Waals surface area (Å²) in [4.78, 5) is 11.8. The minimum Gasteiger partial charge on any atom is -0.393 e. The zero-order valence-electron chi connectivity index (χ0n) is 11.2. The molecule has 3 nitrogen and oxygen atoms in total. The molecule has 16 heavy (non-hydrogen) atoms. The number of unbranched alkanes of at least 4 members (excludes halogenated alkanes) is 2. The van der Waals surface area contributed by atoms with Gasteiger partial charge in [-0.25, -0.2) is 0 Å². The zero-order chi connectivity index (χ0) is 12.6. The molecular formula is C13H27NO2. The van der Waals surface area contributed by atoms with E-state index in [4.69, 9.17) is 5.11 Å². The fourth-order valence-corrected chi connectivity index (χ4v) is 1.56. The van der Waals surface area contributed by atoms with Crippen LogP contribution in [0.4, 0.5) is 0 Å². The first-order chi connectivity index (χ1) is 7.40. The number of carbonyl (C=O) groups is 1. The molecule has 0 aliphatic heterocycles. The minimum absolute atomic E-state index is 0.101. The summed E-state index contributed by atoms with van der Waals surface area (Å²) in [5.41, 5.74) is -0.284. The van der Waals surface area contributed by atoms with E-state index in [1.54, 1.807) is 6.92 Å². The molecule has 2 N–H and O–H groups in total. The molecule has 1 amide bonds. The highest BCUT2D eigenvalue weighted by molar-refractivity contribution is 5.81. The van der Waals surface area contributed by atoms with Crippen LogP contribution in [0, 0.1) is 5.41 Å². The van der Waals surface area contributed by atoms with Gasteiger partial charge in [-0.3, -0.25) is 4.79 Å². The molecule has 0 aromatic heterocycles. The van der Waals surface area contributed by atoms with Gasteiger partial charge in [-0.2, -0.15) is 0 Å². The second-order valence-electron chi connectivity index (χ2n) is 5.23. The molecule has 0 saturated carbocycles. The second kappa shape index (κ2) is 7.66. The van der Waals surface area contributed by atoms with Crippen molar-refractivity contribution in [3.63, 3.8) is 0 Å². The number of nitrogens with one attached hydrogen (secondary N) is 1. The molecule has 0 spiro atoms. The average Bonchev–Trinajstić information content (AvgIpc) is 2.17. The van der Waals surface area contributed by atoms with Crippen molar-refractivity contribution < 1.29 is 9.90 Å². The summed E-state index contributed by atoms with van der Waals surface area (Å²) in [5, 5.41) is 12.0. The fourth-order valence-electron chi connectivity index (χ4n) is 1.56. The lowest BCUT2D eigenvalue weighted by Crippen LogP contribution is -2.38. The van der Waals surface area contributed by atoms with Crippen LogP contribution >= 0.6 is 0 Å². The Labute approximate surface area is 99.6 Å². The number of hydrogen-bond donors (Lipinski definition) is 2. The molecule has 0 radical (unpaired) electrons. The SMILES string of the molecule is CCCCCC(C)(C)C(=O)NCCC(C)O. The third-order valence-electron chi connectivity index (χ3n) is 2.87. The summed E-state index contributed by atoms with van der Waals surface area (Å²) in [6.45, 7) is 8.43. The molecule has 3 heteroatoms. The predicted octanol–water partition coefficient (Wildman–Crippen LogP) is 2.48. The van der Waals surface area contributed by atoms with Gasteiger partial charge in [-0.15, -0.1) is 0 Å². The maximum atomic E-state index is 11.8. The van der Waals surface area contributed by atoms with Crippen molar-refractivity contribution in [2.45, 2.75) is 65.9 Å². The molecule has 0 bridgehead atoms. The molecule has 96 valence electrons. The van der Waals surface area contributed by atoms with E-state index >= 15 is 0 Å². The second-order valence-corrected chi connectivity index (χ2v) is 5.23. The van der Waals surface area contributed by atoms with Crippen molar-refractivity contribution in [1.29, 1.82) is 0 Å². The first-order valence-corrected chi connectivity index (χ1v) is 6.36. The predicted molar refractivity (Wildman–Crippen MR) is 67.2 cm³/mol. The molecule has 0 aliphatic carbocycles. The van der Waals surface area contributed by atoms with E-state index in [0.717, 1.165) is 12.8 Å². The summed E-state index contributed by atoms with van der Waals surface area (Å²) in [7, 11) is 0. The Morgan fingerprint density at radius 1 is 1.38 bits per heavy atom. The van der Waals surface area contributed by atoms with Crippen molar-refractivity contribution in [3.05, 3.63) is 0 Å². The summed E-state index contributed by atoms with van der Waals surface area (Å²) < 4.78 is 0. The van der Waals surface area contributed by atoms with Gasteiger partial charge in [0.05, 0.1) is 6.10 Å². The van der Waals surface area contributed by atoms with Gasteiger partial charge in [0.1, 0.15) is 0 Å². The van der Waals surface area contributed by atoms with Gasteiger partial charge in [0.2, 0.25) is 5.91 Å². The Hall–Kier alpha value is -0.570. The van der Waals surface area contributed by atoms with Crippen molar-refractivity contribution in [2.75, 3.05) is 6.54 Å². The summed E-state index contributed by atoms with van der Waals surface area (Å²) in [6.07, 6.45) is 4.68. The van der Waals surface area contributed by atoms with E-state index in [2.05, 4.69) is 12.2 Å². The zero-order valence-corrected chi connectivity index (χ0v) is 11.2. The van der Waals surface area contributed by atoms with Crippen LogP contribution in [0.2, 0.25) is 0 Å². The molecule has 1 atom stereocenters. The van der Waals surface area contributed by atoms with Crippen LogP contribution in [0.15, 0.2) is 0 Å². The van der Waals surface area contributed by atoms with E-state index in [1.165, 1.54) is 12.8 Å². The van der Waals surface area contributed by atoms with Crippen LogP contribution < -0.4 is 5.32 Å². The molecule has 0 aromatic rings. The molecule has 0 aliphatic rings. The van der Waals surface area contributed by atoms with E-state index < -0.39 is 0 Å². The van der Waals surface area contributed by atoms with E-state index in [9.17, 15) is 4.79 Å². The van der Waals surface area contributed by atoms with E-state index in [-0.39, 0.29) is 17.4 Å². The van der Waals surface area contributed by atoms with E-state index in [1.807, 2.05) is 13.8 Å². The van der Waals surface area contributed by atoms with Crippen LogP contribution in [0.5, 0.6) is 0 Å². The van der Waals surface area contributed by atoms with Gasteiger partial charge >= 0.3 is 0 Å². The number of hydrogen-bond acceptors (Lipinski definition) is 2. The van der Waals surface area contributed by atoms with Crippen LogP contribution in [0.1, 0.15) is 59.8 Å². The Bertz CT molecular complexity index is 200.